The first-order chi connectivity index (χ1) is 38.3. The maximum Gasteiger partial charge on any atom is 0.0465 e. The SMILES string of the molecule is CC1(C)CC(C)(c2ccc(N(c3ccc4c(c3)C(C)(C)c3ccccc3-4)c3ccc4c(c3)C(C)(C)c3ccccc3-4)cc2)c2cc(N(c3ccc4c(c3)C(C)(C)c3ccccc3-4)c3ccc4c(c3)C(C)(C)c3ccccc3-4)ccc21. The molecule has 15 rings (SSSR count). The van der Waals surface area contributed by atoms with Crippen LogP contribution < -0.4 is 9.80 Å². The van der Waals surface area contributed by atoms with Crippen molar-refractivity contribution in [2.75, 3.05) is 9.80 Å². The van der Waals surface area contributed by atoms with Crippen LogP contribution in [0.25, 0.3) is 44.5 Å². The maximum absolute atomic E-state index is 2.55. The minimum atomic E-state index is -0.264. The fraction of sp³-hybridized carbons (Fsp3) is 0.231. The molecule has 2 heteroatoms. The van der Waals surface area contributed by atoms with E-state index >= 15 is 0 Å². The second kappa shape index (κ2) is 16.5. The van der Waals surface area contributed by atoms with E-state index in [4.69, 9.17) is 0 Å². The van der Waals surface area contributed by atoms with E-state index in [0.29, 0.717) is 0 Å². The molecule has 0 saturated heterocycles. The van der Waals surface area contributed by atoms with Gasteiger partial charge in [0.2, 0.25) is 0 Å². The standard InChI is InChI=1S/C78H70N2/c1-73(2)47-78(11,48-28-30-49(31-29-48)79(50-32-37-59-55-20-12-16-24-63(55)74(3,4)68(59)42-50)51-33-38-60-56-21-13-17-25-64(56)75(5,6)69(60)43-51)72-46-54(36-41-67(72)73)80(52-34-39-61-57-22-14-18-26-65(57)76(7,8)70(61)44-52)53-35-40-62-58-23-15-19-27-66(58)77(9,10)71(62)45-53/h12-46H,47H2,1-11H3. The second-order valence-electron chi connectivity index (χ2n) is 26.9. The molecule has 392 valence electrons. The highest BCUT2D eigenvalue weighted by molar-refractivity contribution is 5.91. The quantitative estimate of drug-likeness (QED) is 0.157. The lowest BCUT2D eigenvalue weighted by molar-refractivity contribution is 0.425. The molecule has 5 aliphatic rings. The molecule has 0 aromatic heterocycles. The van der Waals surface area contributed by atoms with Gasteiger partial charge in [0.15, 0.2) is 0 Å². The molecule has 2 nitrogen and oxygen atoms in total. The van der Waals surface area contributed by atoms with Gasteiger partial charge >= 0.3 is 0 Å². The van der Waals surface area contributed by atoms with Crippen LogP contribution in [0.3, 0.4) is 0 Å². The Balaban J connectivity index is 0.862. The van der Waals surface area contributed by atoms with E-state index in [-0.39, 0.29) is 32.5 Å². The zero-order valence-corrected chi connectivity index (χ0v) is 48.3. The van der Waals surface area contributed by atoms with Crippen LogP contribution in [0.5, 0.6) is 0 Å². The molecule has 0 bridgehead atoms. The van der Waals surface area contributed by atoms with Gasteiger partial charge in [-0.05, 0) is 190 Å². The van der Waals surface area contributed by atoms with Crippen molar-refractivity contribution in [1.29, 1.82) is 0 Å². The van der Waals surface area contributed by atoms with Gasteiger partial charge in [0.1, 0.15) is 0 Å². The highest BCUT2D eigenvalue weighted by Gasteiger charge is 2.47. The number of anilines is 6. The maximum atomic E-state index is 2.55. The van der Waals surface area contributed by atoms with Crippen molar-refractivity contribution in [3.63, 3.8) is 0 Å². The first kappa shape index (κ1) is 48.9. The van der Waals surface area contributed by atoms with Crippen LogP contribution in [0.4, 0.5) is 34.1 Å². The van der Waals surface area contributed by atoms with Gasteiger partial charge < -0.3 is 9.80 Å². The highest BCUT2D eigenvalue weighted by Crippen LogP contribution is 2.58. The number of rotatable bonds is 7. The molecule has 0 heterocycles. The van der Waals surface area contributed by atoms with Crippen molar-refractivity contribution < 1.29 is 0 Å². The predicted molar refractivity (Wildman–Crippen MR) is 337 cm³/mol. The van der Waals surface area contributed by atoms with E-state index in [0.717, 1.165) is 12.1 Å². The van der Waals surface area contributed by atoms with Crippen LogP contribution in [-0.4, -0.2) is 0 Å². The molecule has 5 aliphatic carbocycles. The zero-order valence-electron chi connectivity index (χ0n) is 48.3. The third kappa shape index (κ3) is 6.66. The summed E-state index contributed by atoms with van der Waals surface area (Å²) in [6.45, 7) is 26.5. The number of fused-ring (bicyclic) bond motifs is 13. The van der Waals surface area contributed by atoms with Gasteiger partial charge in [0, 0.05) is 61.2 Å². The minimum absolute atomic E-state index is 0.0471. The van der Waals surface area contributed by atoms with Crippen LogP contribution in [0.15, 0.2) is 212 Å². The topological polar surface area (TPSA) is 6.48 Å². The lowest BCUT2D eigenvalue weighted by Gasteiger charge is -2.32. The normalized spacial score (nSPS) is 18.7. The summed E-state index contributed by atoms with van der Waals surface area (Å²) in [5.41, 5.74) is 32.1. The molecule has 1 atom stereocenters. The Morgan fingerprint density at radius 2 is 0.500 bits per heavy atom. The first-order valence-electron chi connectivity index (χ1n) is 29.1. The molecule has 0 spiro atoms. The Labute approximate surface area is 474 Å². The summed E-state index contributed by atoms with van der Waals surface area (Å²) < 4.78 is 0. The molecule has 1 unspecified atom stereocenters. The summed E-state index contributed by atoms with van der Waals surface area (Å²) in [7, 11) is 0. The summed E-state index contributed by atoms with van der Waals surface area (Å²) >= 11 is 0. The summed E-state index contributed by atoms with van der Waals surface area (Å²) in [5, 5.41) is 0. The fourth-order valence-electron chi connectivity index (χ4n) is 16.2. The molecule has 0 saturated carbocycles. The van der Waals surface area contributed by atoms with Crippen LogP contribution >= 0.6 is 0 Å². The summed E-state index contributed by atoms with van der Waals surface area (Å²) in [6.07, 6.45) is 0.999. The molecule has 10 aromatic carbocycles. The Kier molecular flexibility index (Phi) is 10.1. The van der Waals surface area contributed by atoms with Crippen molar-refractivity contribution in [2.45, 2.75) is 115 Å². The average molecular weight is 1040 g/mol. The van der Waals surface area contributed by atoms with Crippen molar-refractivity contribution in [3.05, 3.63) is 274 Å². The zero-order chi connectivity index (χ0) is 55.0. The van der Waals surface area contributed by atoms with Gasteiger partial charge in [-0.15, -0.1) is 0 Å². The summed E-state index contributed by atoms with van der Waals surface area (Å²) in [5.74, 6) is 0. The second-order valence-corrected chi connectivity index (χ2v) is 26.9. The molecule has 10 aromatic rings. The van der Waals surface area contributed by atoms with Crippen LogP contribution in [-0.2, 0) is 32.5 Å². The molecule has 0 N–H and O–H groups in total. The van der Waals surface area contributed by atoms with Crippen LogP contribution in [0.1, 0.15) is 144 Å². The lowest BCUT2D eigenvalue weighted by atomic mass is 9.75. The fourth-order valence-corrected chi connectivity index (χ4v) is 16.2. The van der Waals surface area contributed by atoms with Gasteiger partial charge in [-0.2, -0.15) is 0 Å². The van der Waals surface area contributed by atoms with Gasteiger partial charge in [-0.1, -0.05) is 216 Å². The smallest absolute Gasteiger partial charge is 0.0465 e. The van der Waals surface area contributed by atoms with Gasteiger partial charge in [0.05, 0.1) is 0 Å². The van der Waals surface area contributed by atoms with Crippen LogP contribution in [0.2, 0.25) is 0 Å². The van der Waals surface area contributed by atoms with Gasteiger partial charge in [0.25, 0.3) is 0 Å². The van der Waals surface area contributed by atoms with E-state index < -0.39 is 0 Å². The van der Waals surface area contributed by atoms with Gasteiger partial charge in [-0.3, -0.25) is 0 Å². The van der Waals surface area contributed by atoms with Crippen molar-refractivity contribution in [2.24, 2.45) is 0 Å². The molecular formula is C78H70N2. The Morgan fingerprint density at radius 3 is 0.838 bits per heavy atom. The van der Waals surface area contributed by atoms with E-state index in [1.165, 1.54) is 134 Å². The molecular weight excluding hydrogens is 965 g/mol. The van der Waals surface area contributed by atoms with Crippen molar-refractivity contribution in [3.8, 4) is 44.5 Å². The van der Waals surface area contributed by atoms with Crippen LogP contribution in [0, 0.1) is 0 Å². The monoisotopic (exact) mass is 1030 g/mol. The first-order valence-corrected chi connectivity index (χ1v) is 29.1. The largest absolute Gasteiger partial charge is 0.310 e. The molecule has 80 heavy (non-hydrogen) atoms. The summed E-state index contributed by atoms with van der Waals surface area (Å²) in [4.78, 5) is 5.07. The average Bonchev–Trinajstić information content (AvgIpc) is 4.28. The highest BCUT2D eigenvalue weighted by atomic mass is 15.1. The third-order valence-electron chi connectivity index (χ3n) is 20.4. The number of hydrogen-bond donors (Lipinski definition) is 0. The van der Waals surface area contributed by atoms with Gasteiger partial charge in [-0.25, -0.2) is 0 Å². The number of nitrogens with zero attached hydrogens (tertiary/aromatic N) is 2. The van der Waals surface area contributed by atoms with E-state index in [9.17, 15) is 0 Å². The minimum Gasteiger partial charge on any atom is -0.310 e. The summed E-state index contributed by atoms with van der Waals surface area (Å²) in [6, 6.07) is 81.9. The van der Waals surface area contributed by atoms with E-state index in [1.54, 1.807) is 0 Å². The predicted octanol–water partition coefficient (Wildman–Crippen LogP) is 20.8. The lowest BCUT2D eigenvalue weighted by Crippen LogP contribution is -2.24. The third-order valence-corrected chi connectivity index (χ3v) is 20.4. The van der Waals surface area contributed by atoms with Crippen molar-refractivity contribution >= 4 is 34.1 Å². The Hall–Kier alpha value is -8.20. The molecule has 0 aliphatic heterocycles. The van der Waals surface area contributed by atoms with E-state index in [1.807, 2.05) is 0 Å². The molecule has 0 amide bonds. The number of benzene rings is 10. The Morgan fingerprint density at radius 1 is 0.237 bits per heavy atom. The molecule has 0 fully saturated rings. The molecule has 0 radical (unpaired) electrons. The number of hydrogen-bond acceptors (Lipinski definition) is 2. The van der Waals surface area contributed by atoms with Crippen molar-refractivity contribution in [1.82, 2.24) is 0 Å². The van der Waals surface area contributed by atoms with E-state index in [2.05, 4.69) is 298 Å². The Bertz CT molecular complexity index is 4060.